The van der Waals surface area contributed by atoms with E-state index in [1.165, 1.54) is 0 Å². The van der Waals surface area contributed by atoms with Crippen LogP contribution in [0.5, 0.6) is 5.75 Å². The molecule has 192 valence electrons. The highest BCUT2D eigenvalue weighted by Gasteiger charge is 2.81. The fourth-order valence-electron chi connectivity index (χ4n) is 7.80. The molecule has 2 saturated heterocycles. The van der Waals surface area contributed by atoms with E-state index in [-0.39, 0.29) is 23.6 Å². The number of anilines is 2. The normalized spacial score (nSPS) is 28.8. The number of ketones is 1. The van der Waals surface area contributed by atoms with Crippen LogP contribution in [-0.2, 0) is 27.0 Å². The molecule has 0 unspecified atom stereocenters. The zero-order chi connectivity index (χ0) is 26.2. The Morgan fingerprint density at radius 3 is 2.58 bits per heavy atom. The topological polar surface area (TPSA) is 87.7 Å². The van der Waals surface area contributed by atoms with Gasteiger partial charge >= 0.3 is 0 Å². The van der Waals surface area contributed by atoms with Crippen molar-refractivity contribution >= 4 is 29.0 Å². The SMILES string of the molecule is CCc1ccc2c(c1)[C@]1(C(=O)N2)N2CCC[C@H]2[C@@H](C(=O)c2cccc(OC)c2)[C@]12C(=O)Nc1ccccc12. The third-order valence-corrected chi connectivity index (χ3v) is 9.21. The minimum atomic E-state index is -1.43. The Hall–Kier alpha value is -3.97. The molecule has 0 aliphatic carbocycles. The number of carbonyl (C=O) groups is 3. The maximum absolute atomic E-state index is 14.7. The number of Topliss-reactive ketones (excluding diaryl/α,β-unsaturated/α-hetero) is 1. The lowest BCUT2D eigenvalue weighted by Gasteiger charge is -2.43. The molecule has 0 saturated carbocycles. The van der Waals surface area contributed by atoms with Gasteiger partial charge in [-0.25, -0.2) is 0 Å². The minimum absolute atomic E-state index is 0.141. The maximum Gasteiger partial charge on any atom is 0.251 e. The van der Waals surface area contributed by atoms with Gasteiger partial charge in [0.1, 0.15) is 16.7 Å². The quantitative estimate of drug-likeness (QED) is 0.515. The zero-order valence-electron chi connectivity index (χ0n) is 21.4. The van der Waals surface area contributed by atoms with E-state index in [1.54, 1.807) is 31.4 Å². The molecule has 0 bridgehead atoms. The first-order valence-electron chi connectivity index (χ1n) is 13.3. The average Bonchev–Trinajstić information content (AvgIpc) is 3.66. The summed E-state index contributed by atoms with van der Waals surface area (Å²) in [6.45, 7) is 2.71. The van der Waals surface area contributed by atoms with Crippen molar-refractivity contribution in [2.75, 3.05) is 24.3 Å². The van der Waals surface area contributed by atoms with Gasteiger partial charge in [-0.3, -0.25) is 19.3 Å². The Morgan fingerprint density at radius 1 is 0.974 bits per heavy atom. The Kier molecular flexibility index (Phi) is 4.89. The lowest BCUT2D eigenvalue weighted by molar-refractivity contribution is -0.137. The Balaban J connectivity index is 1.58. The number of methoxy groups -OCH3 is 1. The van der Waals surface area contributed by atoms with E-state index in [4.69, 9.17) is 4.74 Å². The summed E-state index contributed by atoms with van der Waals surface area (Å²) in [5, 5.41) is 6.21. The van der Waals surface area contributed by atoms with Gasteiger partial charge < -0.3 is 15.4 Å². The number of aryl methyl sites for hydroxylation is 1. The molecule has 4 aliphatic rings. The summed E-state index contributed by atoms with van der Waals surface area (Å²) in [5.74, 6) is -0.853. The smallest absolute Gasteiger partial charge is 0.251 e. The van der Waals surface area contributed by atoms with Crippen LogP contribution in [0.1, 0.15) is 46.8 Å². The fraction of sp³-hybridized carbons (Fsp3) is 0.323. The van der Waals surface area contributed by atoms with Gasteiger partial charge in [0, 0.05) is 28.5 Å². The lowest BCUT2D eigenvalue weighted by Crippen LogP contribution is -2.62. The Morgan fingerprint density at radius 2 is 1.76 bits per heavy atom. The number of amides is 2. The number of carbonyl (C=O) groups excluding carboxylic acids is 3. The standard InChI is InChI=1S/C31H29N3O4/c1-3-18-13-14-24-22(16-18)31(29(37)33-24)30(21-10-4-5-11-23(21)32-28(30)36)26(25-12-7-15-34(25)31)27(35)19-8-6-9-20(17-19)38-2/h4-6,8-11,13-14,16-17,25-26H,3,7,12,15H2,1-2H3,(H,32,36)(H,33,37)/t25-,26-,30+,31+/m0/s1. The van der Waals surface area contributed by atoms with Crippen LogP contribution in [0.2, 0.25) is 0 Å². The van der Waals surface area contributed by atoms with Crippen molar-refractivity contribution in [1.82, 2.24) is 4.90 Å². The van der Waals surface area contributed by atoms with Gasteiger partial charge in [0.05, 0.1) is 13.0 Å². The molecule has 38 heavy (non-hydrogen) atoms. The van der Waals surface area contributed by atoms with E-state index in [0.717, 1.165) is 30.4 Å². The lowest BCUT2D eigenvalue weighted by atomic mass is 9.57. The molecule has 2 amide bonds. The third-order valence-electron chi connectivity index (χ3n) is 9.21. The summed E-state index contributed by atoms with van der Waals surface area (Å²) in [7, 11) is 1.57. The number of hydrogen-bond donors (Lipinski definition) is 2. The number of para-hydroxylation sites is 1. The molecule has 7 heteroatoms. The first-order chi connectivity index (χ1) is 18.5. The summed E-state index contributed by atoms with van der Waals surface area (Å²) in [5.41, 5.74) is 1.67. The Labute approximate surface area is 221 Å². The molecule has 0 radical (unpaired) electrons. The number of rotatable bonds is 4. The summed E-state index contributed by atoms with van der Waals surface area (Å²) in [4.78, 5) is 45.8. The van der Waals surface area contributed by atoms with Crippen LogP contribution in [0.25, 0.3) is 0 Å². The van der Waals surface area contributed by atoms with Crippen LogP contribution >= 0.6 is 0 Å². The Bertz CT molecular complexity index is 1530. The van der Waals surface area contributed by atoms with Crippen molar-refractivity contribution in [3.05, 3.63) is 89.0 Å². The van der Waals surface area contributed by atoms with Crippen molar-refractivity contribution in [3.8, 4) is 5.75 Å². The van der Waals surface area contributed by atoms with E-state index < -0.39 is 16.9 Å². The average molecular weight is 508 g/mol. The summed E-state index contributed by atoms with van der Waals surface area (Å²) < 4.78 is 5.42. The van der Waals surface area contributed by atoms with Crippen molar-refractivity contribution in [1.29, 1.82) is 0 Å². The number of fused-ring (bicyclic) bond motifs is 7. The maximum atomic E-state index is 14.7. The van der Waals surface area contributed by atoms with E-state index in [2.05, 4.69) is 28.5 Å². The van der Waals surface area contributed by atoms with Crippen molar-refractivity contribution in [3.63, 3.8) is 0 Å². The number of nitrogens with zero attached hydrogens (tertiary/aromatic N) is 1. The van der Waals surface area contributed by atoms with E-state index in [9.17, 15) is 14.4 Å². The molecule has 3 aromatic carbocycles. The number of nitrogens with one attached hydrogen (secondary N) is 2. The summed E-state index contributed by atoms with van der Waals surface area (Å²) in [6.07, 6.45) is 2.38. The highest BCUT2D eigenvalue weighted by atomic mass is 16.5. The van der Waals surface area contributed by atoms with Crippen LogP contribution in [-0.4, -0.2) is 42.2 Å². The largest absolute Gasteiger partial charge is 0.497 e. The second kappa shape index (κ2) is 8.01. The molecule has 4 heterocycles. The van der Waals surface area contributed by atoms with E-state index in [0.29, 0.717) is 34.8 Å². The van der Waals surface area contributed by atoms with E-state index in [1.807, 2.05) is 36.4 Å². The van der Waals surface area contributed by atoms with Crippen molar-refractivity contribution in [2.24, 2.45) is 5.92 Å². The number of ether oxygens (including phenoxy) is 1. The first kappa shape index (κ1) is 23.2. The first-order valence-corrected chi connectivity index (χ1v) is 13.3. The predicted molar refractivity (Wildman–Crippen MR) is 143 cm³/mol. The highest BCUT2D eigenvalue weighted by Crippen LogP contribution is 2.67. The van der Waals surface area contributed by atoms with Gasteiger partial charge in [-0.15, -0.1) is 0 Å². The molecule has 7 rings (SSSR count). The molecule has 0 aromatic heterocycles. The molecule has 7 nitrogen and oxygen atoms in total. The molecular formula is C31H29N3O4. The number of hydrogen-bond acceptors (Lipinski definition) is 5. The molecule has 2 N–H and O–H groups in total. The number of benzene rings is 3. The van der Waals surface area contributed by atoms with Gasteiger partial charge in [0.25, 0.3) is 5.91 Å². The molecule has 2 spiro atoms. The fourth-order valence-corrected chi connectivity index (χ4v) is 7.80. The van der Waals surface area contributed by atoms with Gasteiger partial charge in [0.15, 0.2) is 5.78 Å². The highest BCUT2D eigenvalue weighted by molar-refractivity contribution is 6.21. The second-order valence-corrected chi connectivity index (χ2v) is 10.7. The third kappa shape index (κ3) is 2.59. The van der Waals surface area contributed by atoms with Crippen LogP contribution in [0, 0.1) is 5.92 Å². The monoisotopic (exact) mass is 507 g/mol. The second-order valence-electron chi connectivity index (χ2n) is 10.7. The van der Waals surface area contributed by atoms with Gasteiger partial charge in [-0.2, -0.15) is 0 Å². The van der Waals surface area contributed by atoms with Crippen molar-refractivity contribution in [2.45, 2.75) is 43.2 Å². The van der Waals surface area contributed by atoms with Gasteiger partial charge in [-0.05, 0) is 61.2 Å². The summed E-state index contributed by atoms with van der Waals surface area (Å²) >= 11 is 0. The van der Waals surface area contributed by atoms with Crippen LogP contribution in [0.4, 0.5) is 11.4 Å². The van der Waals surface area contributed by atoms with Crippen LogP contribution < -0.4 is 15.4 Å². The molecule has 2 fully saturated rings. The molecule has 4 aliphatic heterocycles. The van der Waals surface area contributed by atoms with Crippen LogP contribution in [0.3, 0.4) is 0 Å². The van der Waals surface area contributed by atoms with Gasteiger partial charge in [0.2, 0.25) is 5.91 Å². The molecule has 4 atom stereocenters. The molecule has 3 aromatic rings. The molecular weight excluding hydrogens is 478 g/mol. The minimum Gasteiger partial charge on any atom is -0.497 e. The summed E-state index contributed by atoms with van der Waals surface area (Å²) in [6, 6.07) is 20.4. The van der Waals surface area contributed by atoms with Gasteiger partial charge in [-0.1, -0.05) is 49.4 Å². The zero-order valence-corrected chi connectivity index (χ0v) is 21.4. The van der Waals surface area contributed by atoms with Crippen LogP contribution in [0.15, 0.2) is 66.7 Å². The van der Waals surface area contributed by atoms with E-state index >= 15 is 0 Å². The van der Waals surface area contributed by atoms with Crippen molar-refractivity contribution < 1.29 is 19.1 Å². The predicted octanol–water partition coefficient (Wildman–Crippen LogP) is 4.27.